The Kier molecular flexibility index (Phi) is 5.72. The van der Waals surface area contributed by atoms with E-state index >= 15 is 0 Å². The van der Waals surface area contributed by atoms with Gasteiger partial charge in [-0.1, -0.05) is 36.4 Å². The fourth-order valence-corrected chi connectivity index (χ4v) is 5.36. The topological polar surface area (TPSA) is 52.6 Å². The first-order valence-electron chi connectivity index (χ1n) is 10.6. The quantitative estimate of drug-likeness (QED) is 0.755. The molecule has 0 aromatic heterocycles. The third-order valence-electron chi connectivity index (χ3n) is 6.79. The number of likely N-dealkylation sites (tertiary alicyclic amines) is 1. The van der Waals surface area contributed by atoms with Gasteiger partial charge >= 0.3 is 0 Å². The average Bonchev–Trinajstić information content (AvgIpc) is 2.74. The molecule has 2 aliphatic rings. The number of aromatic hydroxyl groups is 1. The number of benzene rings is 2. The van der Waals surface area contributed by atoms with E-state index < -0.39 is 0 Å². The van der Waals surface area contributed by atoms with Crippen molar-refractivity contribution in [3.8, 4) is 5.75 Å². The Labute approximate surface area is 173 Å². The minimum atomic E-state index is -0.0106. The zero-order chi connectivity index (χ0) is 20.3. The van der Waals surface area contributed by atoms with Gasteiger partial charge in [-0.25, -0.2) is 0 Å². The summed E-state index contributed by atoms with van der Waals surface area (Å²) >= 11 is 0. The van der Waals surface area contributed by atoms with E-state index in [0.29, 0.717) is 17.2 Å². The summed E-state index contributed by atoms with van der Waals surface area (Å²) < 4.78 is 0. The number of nitrogens with zero attached hydrogens (tertiary/aromatic N) is 1. The molecule has 0 spiro atoms. The van der Waals surface area contributed by atoms with Crippen molar-refractivity contribution in [2.24, 2.45) is 5.92 Å². The molecule has 1 aliphatic carbocycles. The largest absolute Gasteiger partial charge is 0.508 e. The summed E-state index contributed by atoms with van der Waals surface area (Å²) in [5.74, 6) is 0.840. The number of fused-ring (bicyclic) bond motifs is 1. The number of amides is 1. The molecule has 2 aromatic carbocycles. The zero-order valence-corrected chi connectivity index (χ0v) is 16.9. The molecule has 2 N–H and O–H groups in total. The van der Waals surface area contributed by atoms with Crippen LogP contribution in [0.2, 0.25) is 0 Å². The Morgan fingerprint density at radius 2 is 2.03 bits per heavy atom. The van der Waals surface area contributed by atoms with Gasteiger partial charge in [0.25, 0.3) is 5.91 Å². The molecule has 0 radical (unpaired) electrons. The van der Waals surface area contributed by atoms with Gasteiger partial charge in [0.2, 0.25) is 0 Å². The number of phenolic OH excluding ortho intramolecular Hbond substituents is 1. The second-order valence-electron chi connectivity index (χ2n) is 8.52. The Bertz CT molecular complexity index is 866. The van der Waals surface area contributed by atoms with E-state index in [2.05, 4.69) is 22.9 Å². The molecule has 2 unspecified atom stereocenters. The minimum absolute atomic E-state index is 0.00389. The standard InChI is InChI=1S/C25H30N2O2/c1-2-14-27-15-13-25(20-9-6-10-23(28)16-20)17-22(12-11-21(25)18-27)26-24(29)19-7-4-3-5-8-19/h2-10,16,21-22,28H,1,11-15,17-18H2,(H,26,29)/t21?,22-,25?/m1/s1. The summed E-state index contributed by atoms with van der Waals surface area (Å²) in [4.78, 5) is 15.2. The van der Waals surface area contributed by atoms with E-state index in [1.165, 1.54) is 5.56 Å². The van der Waals surface area contributed by atoms with Crippen molar-refractivity contribution >= 4 is 5.91 Å². The number of piperidine rings is 1. The predicted octanol–water partition coefficient (Wildman–Crippen LogP) is 4.12. The maximum absolute atomic E-state index is 12.7. The molecule has 152 valence electrons. The van der Waals surface area contributed by atoms with E-state index in [1.807, 2.05) is 48.5 Å². The molecule has 4 nitrogen and oxygen atoms in total. The van der Waals surface area contributed by atoms with Gasteiger partial charge in [-0.15, -0.1) is 6.58 Å². The highest BCUT2D eigenvalue weighted by Crippen LogP contribution is 2.49. The van der Waals surface area contributed by atoms with Crippen molar-refractivity contribution in [3.05, 3.63) is 78.4 Å². The first-order chi connectivity index (χ1) is 14.1. The molecule has 29 heavy (non-hydrogen) atoms. The molecule has 1 saturated heterocycles. The van der Waals surface area contributed by atoms with E-state index in [4.69, 9.17) is 0 Å². The SMILES string of the molecule is C=CCN1CCC2(c3cccc(O)c3)C[C@H](NC(=O)c3ccccc3)CCC2C1. The summed E-state index contributed by atoms with van der Waals surface area (Å²) in [7, 11) is 0. The van der Waals surface area contributed by atoms with Crippen LogP contribution in [0, 0.1) is 5.92 Å². The Morgan fingerprint density at radius 3 is 2.79 bits per heavy atom. The van der Waals surface area contributed by atoms with Crippen LogP contribution in [0.5, 0.6) is 5.75 Å². The average molecular weight is 391 g/mol. The van der Waals surface area contributed by atoms with Gasteiger partial charge in [0.05, 0.1) is 0 Å². The van der Waals surface area contributed by atoms with Crippen molar-refractivity contribution in [1.29, 1.82) is 0 Å². The highest BCUT2D eigenvalue weighted by atomic mass is 16.3. The van der Waals surface area contributed by atoms with Gasteiger partial charge in [-0.3, -0.25) is 9.69 Å². The molecule has 2 fully saturated rings. The number of hydrogen-bond donors (Lipinski definition) is 2. The molecule has 2 aromatic rings. The Balaban J connectivity index is 1.58. The third kappa shape index (κ3) is 4.08. The lowest BCUT2D eigenvalue weighted by Gasteiger charge is -2.53. The zero-order valence-electron chi connectivity index (χ0n) is 16.9. The van der Waals surface area contributed by atoms with Crippen molar-refractivity contribution in [2.45, 2.75) is 37.1 Å². The number of hydrogen-bond acceptors (Lipinski definition) is 3. The van der Waals surface area contributed by atoms with Crippen LogP contribution in [0.1, 0.15) is 41.6 Å². The lowest BCUT2D eigenvalue weighted by Crippen LogP contribution is -2.56. The molecule has 4 heteroatoms. The number of phenols is 1. The number of carbonyl (C=O) groups excluding carboxylic acids is 1. The molecular formula is C25H30N2O2. The molecule has 1 amide bonds. The van der Waals surface area contributed by atoms with Crippen LogP contribution < -0.4 is 5.32 Å². The normalized spacial score (nSPS) is 27.0. The van der Waals surface area contributed by atoms with Gasteiger partial charge in [0.15, 0.2) is 0 Å². The first kappa shape index (κ1) is 19.7. The smallest absolute Gasteiger partial charge is 0.251 e. The summed E-state index contributed by atoms with van der Waals surface area (Å²) in [6, 6.07) is 17.3. The Morgan fingerprint density at radius 1 is 1.21 bits per heavy atom. The summed E-state index contributed by atoms with van der Waals surface area (Å²) in [6.07, 6.45) is 6.00. The molecule has 1 heterocycles. The third-order valence-corrected chi connectivity index (χ3v) is 6.79. The first-order valence-corrected chi connectivity index (χ1v) is 10.6. The lowest BCUT2D eigenvalue weighted by atomic mass is 9.58. The fraction of sp³-hybridized carbons (Fsp3) is 0.400. The lowest BCUT2D eigenvalue weighted by molar-refractivity contribution is 0.0473. The van der Waals surface area contributed by atoms with Crippen LogP contribution in [0.4, 0.5) is 0 Å². The second kappa shape index (κ2) is 8.42. The number of nitrogens with one attached hydrogen (secondary N) is 1. The van der Waals surface area contributed by atoms with Gasteiger partial charge in [0.1, 0.15) is 5.75 Å². The summed E-state index contributed by atoms with van der Waals surface area (Å²) in [5, 5.41) is 13.4. The van der Waals surface area contributed by atoms with Crippen LogP contribution in [-0.4, -0.2) is 41.6 Å². The van der Waals surface area contributed by atoms with E-state index in [9.17, 15) is 9.90 Å². The maximum Gasteiger partial charge on any atom is 0.251 e. The van der Waals surface area contributed by atoms with Crippen LogP contribution in [0.25, 0.3) is 0 Å². The van der Waals surface area contributed by atoms with Crippen LogP contribution >= 0.6 is 0 Å². The van der Waals surface area contributed by atoms with Crippen molar-refractivity contribution in [1.82, 2.24) is 10.2 Å². The van der Waals surface area contributed by atoms with E-state index in [0.717, 1.165) is 45.3 Å². The molecule has 3 atom stereocenters. The van der Waals surface area contributed by atoms with Crippen molar-refractivity contribution < 1.29 is 9.90 Å². The fourth-order valence-electron chi connectivity index (χ4n) is 5.36. The van der Waals surface area contributed by atoms with Gasteiger partial charge < -0.3 is 10.4 Å². The number of carbonyl (C=O) groups is 1. The molecule has 0 bridgehead atoms. The summed E-state index contributed by atoms with van der Waals surface area (Å²) in [6.45, 7) is 6.87. The molecule has 1 saturated carbocycles. The minimum Gasteiger partial charge on any atom is -0.508 e. The molecule has 4 rings (SSSR count). The van der Waals surface area contributed by atoms with E-state index in [1.54, 1.807) is 6.07 Å². The number of rotatable bonds is 5. The Hall–Kier alpha value is -2.59. The van der Waals surface area contributed by atoms with E-state index in [-0.39, 0.29) is 17.4 Å². The monoisotopic (exact) mass is 390 g/mol. The highest BCUT2D eigenvalue weighted by molar-refractivity contribution is 5.94. The summed E-state index contributed by atoms with van der Waals surface area (Å²) in [5.41, 5.74) is 1.91. The predicted molar refractivity (Wildman–Crippen MR) is 116 cm³/mol. The van der Waals surface area contributed by atoms with Gasteiger partial charge in [-0.2, -0.15) is 0 Å². The van der Waals surface area contributed by atoms with Crippen LogP contribution in [-0.2, 0) is 5.41 Å². The molecular weight excluding hydrogens is 360 g/mol. The highest BCUT2D eigenvalue weighted by Gasteiger charge is 2.48. The van der Waals surface area contributed by atoms with Gasteiger partial charge in [-0.05, 0) is 68.0 Å². The second-order valence-corrected chi connectivity index (χ2v) is 8.52. The van der Waals surface area contributed by atoms with Crippen molar-refractivity contribution in [2.75, 3.05) is 19.6 Å². The van der Waals surface area contributed by atoms with Gasteiger partial charge in [0, 0.05) is 30.1 Å². The molecule has 1 aliphatic heterocycles. The van der Waals surface area contributed by atoms with Crippen molar-refractivity contribution in [3.63, 3.8) is 0 Å². The van der Waals surface area contributed by atoms with Crippen LogP contribution in [0.15, 0.2) is 67.3 Å². The maximum atomic E-state index is 12.7. The van der Waals surface area contributed by atoms with Crippen LogP contribution in [0.3, 0.4) is 0 Å².